The van der Waals surface area contributed by atoms with E-state index in [0.29, 0.717) is 12.5 Å². The molecule has 1 saturated carbocycles. The first-order valence-electron chi connectivity index (χ1n) is 5.75. The normalized spacial score (nSPS) is 15.2. The largest absolute Gasteiger partial charge is 0.493 e. The van der Waals surface area contributed by atoms with Crippen molar-refractivity contribution in [2.75, 3.05) is 6.61 Å². The number of hydrogen-bond donors (Lipinski definition) is 0. The van der Waals surface area contributed by atoms with Crippen molar-refractivity contribution in [2.45, 2.75) is 25.4 Å². The Morgan fingerprint density at radius 3 is 2.61 bits per heavy atom. The molecule has 1 aliphatic rings. The highest BCUT2D eigenvalue weighted by atomic mass is 19.4. The van der Waals surface area contributed by atoms with E-state index in [9.17, 15) is 13.2 Å². The van der Waals surface area contributed by atoms with Gasteiger partial charge in [-0.2, -0.15) is 18.4 Å². The van der Waals surface area contributed by atoms with E-state index in [1.807, 2.05) is 0 Å². The highest BCUT2D eigenvalue weighted by Gasteiger charge is 2.34. The van der Waals surface area contributed by atoms with Crippen LogP contribution in [0.4, 0.5) is 13.2 Å². The quantitative estimate of drug-likeness (QED) is 0.820. The molecule has 0 aromatic heterocycles. The third-order valence-electron chi connectivity index (χ3n) is 2.89. The third-order valence-corrected chi connectivity index (χ3v) is 2.89. The number of hydrogen-bond acceptors (Lipinski definition) is 2. The SMILES string of the molecule is N#Cc1ccc(OCCC2CC2)c(C(F)(F)F)c1. The minimum atomic E-state index is -4.50. The topological polar surface area (TPSA) is 33.0 Å². The van der Waals surface area contributed by atoms with Crippen LogP contribution in [0.5, 0.6) is 5.75 Å². The summed E-state index contributed by atoms with van der Waals surface area (Å²) in [6.45, 7) is 0.291. The van der Waals surface area contributed by atoms with Crippen LogP contribution in [-0.2, 0) is 6.18 Å². The van der Waals surface area contributed by atoms with Gasteiger partial charge >= 0.3 is 6.18 Å². The average molecular weight is 255 g/mol. The van der Waals surface area contributed by atoms with Crippen molar-refractivity contribution < 1.29 is 17.9 Å². The van der Waals surface area contributed by atoms with E-state index in [2.05, 4.69) is 0 Å². The highest BCUT2D eigenvalue weighted by molar-refractivity contribution is 5.43. The number of rotatable bonds is 4. The van der Waals surface area contributed by atoms with Crippen LogP contribution in [0.15, 0.2) is 18.2 Å². The van der Waals surface area contributed by atoms with Gasteiger partial charge in [0.2, 0.25) is 0 Å². The number of nitrogens with zero attached hydrogens (tertiary/aromatic N) is 1. The summed E-state index contributed by atoms with van der Waals surface area (Å²) in [4.78, 5) is 0. The van der Waals surface area contributed by atoms with E-state index in [4.69, 9.17) is 10.00 Å². The Hall–Kier alpha value is -1.70. The Labute approximate surface area is 103 Å². The standard InChI is InChI=1S/C13H12F3NO/c14-13(15,16)11-7-10(8-17)3-4-12(11)18-6-5-9-1-2-9/h3-4,7,9H,1-2,5-6H2. The molecule has 0 bridgehead atoms. The van der Waals surface area contributed by atoms with Crippen molar-refractivity contribution in [1.29, 1.82) is 5.26 Å². The Morgan fingerprint density at radius 1 is 1.33 bits per heavy atom. The van der Waals surface area contributed by atoms with Crippen LogP contribution in [0.1, 0.15) is 30.4 Å². The number of nitriles is 1. The predicted octanol–water partition coefficient (Wildman–Crippen LogP) is 3.76. The molecule has 96 valence electrons. The van der Waals surface area contributed by atoms with E-state index in [1.54, 1.807) is 6.07 Å². The second-order valence-corrected chi connectivity index (χ2v) is 4.40. The molecule has 5 heteroatoms. The minimum Gasteiger partial charge on any atom is -0.493 e. The molecule has 2 rings (SSSR count). The highest BCUT2D eigenvalue weighted by Crippen LogP contribution is 2.37. The molecule has 1 aromatic rings. The maximum Gasteiger partial charge on any atom is 0.420 e. The van der Waals surface area contributed by atoms with Gasteiger partial charge in [-0.15, -0.1) is 0 Å². The van der Waals surface area contributed by atoms with Crippen molar-refractivity contribution >= 4 is 0 Å². The zero-order chi connectivity index (χ0) is 13.2. The first-order valence-corrected chi connectivity index (χ1v) is 5.75. The number of alkyl halides is 3. The van der Waals surface area contributed by atoms with Gasteiger partial charge in [0.1, 0.15) is 5.75 Å². The van der Waals surface area contributed by atoms with Crippen molar-refractivity contribution in [3.05, 3.63) is 29.3 Å². The molecule has 0 aliphatic heterocycles. The van der Waals surface area contributed by atoms with Gasteiger partial charge in [0.05, 0.1) is 23.8 Å². The minimum absolute atomic E-state index is 0.0168. The van der Waals surface area contributed by atoms with E-state index < -0.39 is 11.7 Å². The van der Waals surface area contributed by atoms with Gasteiger partial charge < -0.3 is 4.74 Å². The molecule has 1 fully saturated rings. The molecule has 1 aliphatic carbocycles. The van der Waals surface area contributed by atoms with E-state index in [-0.39, 0.29) is 11.3 Å². The average Bonchev–Trinajstić information content (AvgIpc) is 3.12. The molecule has 0 N–H and O–H groups in total. The summed E-state index contributed by atoms with van der Waals surface area (Å²) in [6.07, 6.45) is -1.43. The molecule has 0 atom stereocenters. The first-order chi connectivity index (χ1) is 8.50. The van der Waals surface area contributed by atoms with Crippen LogP contribution in [0.3, 0.4) is 0 Å². The molecule has 0 radical (unpaired) electrons. The fourth-order valence-electron chi connectivity index (χ4n) is 1.69. The van der Waals surface area contributed by atoms with Crippen LogP contribution in [0, 0.1) is 17.2 Å². The lowest BCUT2D eigenvalue weighted by Crippen LogP contribution is -2.10. The van der Waals surface area contributed by atoms with Crippen molar-refractivity contribution in [2.24, 2.45) is 5.92 Å². The number of ether oxygens (including phenoxy) is 1. The Morgan fingerprint density at radius 2 is 2.06 bits per heavy atom. The van der Waals surface area contributed by atoms with Gasteiger partial charge in [-0.1, -0.05) is 12.8 Å². The summed E-state index contributed by atoms with van der Waals surface area (Å²) in [6, 6.07) is 5.07. The van der Waals surface area contributed by atoms with Crippen LogP contribution >= 0.6 is 0 Å². The van der Waals surface area contributed by atoms with E-state index in [1.165, 1.54) is 12.1 Å². The molecule has 0 unspecified atom stereocenters. The van der Waals surface area contributed by atoms with Crippen molar-refractivity contribution in [3.63, 3.8) is 0 Å². The lowest BCUT2D eigenvalue weighted by atomic mass is 10.1. The molecule has 0 saturated heterocycles. The van der Waals surface area contributed by atoms with Gasteiger partial charge in [-0.3, -0.25) is 0 Å². The number of halogens is 3. The zero-order valence-electron chi connectivity index (χ0n) is 9.63. The lowest BCUT2D eigenvalue weighted by Gasteiger charge is -2.14. The molecule has 1 aromatic carbocycles. The van der Waals surface area contributed by atoms with Gasteiger partial charge in [0.15, 0.2) is 0 Å². The Kier molecular flexibility index (Phi) is 3.46. The second kappa shape index (κ2) is 4.89. The Balaban J connectivity index is 2.13. The van der Waals surface area contributed by atoms with Crippen LogP contribution in [-0.4, -0.2) is 6.61 Å². The van der Waals surface area contributed by atoms with Crippen molar-refractivity contribution in [3.8, 4) is 11.8 Å². The second-order valence-electron chi connectivity index (χ2n) is 4.40. The Bertz CT molecular complexity index is 472. The molecule has 0 amide bonds. The third kappa shape index (κ3) is 3.16. The molecule has 2 nitrogen and oxygen atoms in total. The summed E-state index contributed by atoms with van der Waals surface area (Å²) in [5, 5.41) is 8.62. The monoisotopic (exact) mass is 255 g/mol. The van der Waals surface area contributed by atoms with Crippen LogP contribution in [0.2, 0.25) is 0 Å². The molecule has 18 heavy (non-hydrogen) atoms. The van der Waals surface area contributed by atoms with Gasteiger partial charge in [-0.05, 0) is 30.5 Å². The lowest BCUT2D eigenvalue weighted by molar-refractivity contribution is -0.139. The van der Waals surface area contributed by atoms with Gasteiger partial charge in [-0.25, -0.2) is 0 Å². The summed E-state index contributed by atoms with van der Waals surface area (Å²) in [5.74, 6) is 0.417. The van der Waals surface area contributed by atoms with Crippen LogP contribution < -0.4 is 4.74 Å². The summed E-state index contributed by atoms with van der Waals surface area (Å²) in [5.41, 5.74) is -0.894. The maximum atomic E-state index is 12.8. The predicted molar refractivity (Wildman–Crippen MR) is 59.0 cm³/mol. The maximum absolute atomic E-state index is 12.8. The smallest absolute Gasteiger partial charge is 0.420 e. The van der Waals surface area contributed by atoms with Crippen LogP contribution in [0.25, 0.3) is 0 Å². The first kappa shape index (κ1) is 12.7. The number of benzene rings is 1. The molecular formula is C13H12F3NO. The fraction of sp³-hybridized carbons (Fsp3) is 0.462. The summed E-state index contributed by atoms with van der Waals surface area (Å²) in [7, 11) is 0. The zero-order valence-corrected chi connectivity index (χ0v) is 9.63. The molecular weight excluding hydrogens is 243 g/mol. The van der Waals surface area contributed by atoms with Crippen molar-refractivity contribution in [1.82, 2.24) is 0 Å². The molecule has 0 heterocycles. The fourth-order valence-corrected chi connectivity index (χ4v) is 1.69. The molecule has 0 spiro atoms. The van der Waals surface area contributed by atoms with E-state index in [0.717, 1.165) is 25.3 Å². The summed E-state index contributed by atoms with van der Waals surface area (Å²) < 4.78 is 43.5. The van der Waals surface area contributed by atoms with E-state index >= 15 is 0 Å². The summed E-state index contributed by atoms with van der Waals surface area (Å²) >= 11 is 0. The van der Waals surface area contributed by atoms with Gasteiger partial charge in [0, 0.05) is 0 Å². The van der Waals surface area contributed by atoms with Gasteiger partial charge in [0.25, 0.3) is 0 Å².